The summed E-state index contributed by atoms with van der Waals surface area (Å²) < 4.78 is 5.04. The molecule has 0 saturated carbocycles. The molecule has 17 heavy (non-hydrogen) atoms. The molecule has 4 heteroatoms. The van der Waals surface area contributed by atoms with Gasteiger partial charge < -0.3 is 9.63 Å². The van der Waals surface area contributed by atoms with Crippen molar-refractivity contribution in [3.63, 3.8) is 0 Å². The van der Waals surface area contributed by atoms with Gasteiger partial charge in [-0.05, 0) is 25.3 Å². The van der Waals surface area contributed by atoms with Gasteiger partial charge in [-0.3, -0.25) is 0 Å². The van der Waals surface area contributed by atoms with Crippen molar-refractivity contribution >= 4 is 0 Å². The zero-order valence-corrected chi connectivity index (χ0v) is 9.84. The molecule has 1 heterocycles. The van der Waals surface area contributed by atoms with E-state index in [1.54, 1.807) is 6.92 Å². The van der Waals surface area contributed by atoms with E-state index < -0.39 is 6.10 Å². The van der Waals surface area contributed by atoms with Gasteiger partial charge in [-0.25, -0.2) is 0 Å². The number of hydrogen-bond acceptors (Lipinski definition) is 4. The van der Waals surface area contributed by atoms with Gasteiger partial charge in [0.05, 0.1) is 0 Å². The van der Waals surface area contributed by atoms with Crippen molar-refractivity contribution in [2.75, 3.05) is 0 Å². The number of aliphatic hydroxyl groups is 1. The highest BCUT2D eigenvalue weighted by Crippen LogP contribution is 2.10. The van der Waals surface area contributed by atoms with Gasteiger partial charge in [0.25, 0.3) is 0 Å². The van der Waals surface area contributed by atoms with Crippen molar-refractivity contribution < 1.29 is 9.63 Å². The normalized spacial score (nSPS) is 12.6. The molecule has 0 saturated heterocycles. The standard InChI is InChI=1S/C13H16N2O2/c1-10(16)13-14-12(17-15-13)9-5-8-11-6-3-2-4-7-11/h2-4,6-7,10,16H,5,8-9H2,1H3. The van der Waals surface area contributed by atoms with Crippen LogP contribution in [0.3, 0.4) is 0 Å². The quantitative estimate of drug-likeness (QED) is 0.859. The highest BCUT2D eigenvalue weighted by atomic mass is 16.5. The summed E-state index contributed by atoms with van der Waals surface area (Å²) in [6.07, 6.45) is 2.04. The SMILES string of the molecule is CC(O)c1noc(CCCc2ccccc2)n1. The lowest BCUT2D eigenvalue weighted by Gasteiger charge is -1.98. The Balaban J connectivity index is 1.82. The van der Waals surface area contributed by atoms with Crippen LogP contribution in [-0.2, 0) is 12.8 Å². The number of aliphatic hydroxyl groups excluding tert-OH is 1. The van der Waals surface area contributed by atoms with E-state index >= 15 is 0 Å². The molecule has 1 aromatic heterocycles. The maximum atomic E-state index is 9.26. The van der Waals surface area contributed by atoms with E-state index in [-0.39, 0.29) is 0 Å². The monoisotopic (exact) mass is 232 g/mol. The van der Waals surface area contributed by atoms with E-state index in [2.05, 4.69) is 22.3 Å². The van der Waals surface area contributed by atoms with Crippen LogP contribution in [0.5, 0.6) is 0 Å². The zero-order chi connectivity index (χ0) is 12.1. The van der Waals surface area contributed by atoms with Crippen molar-refractivity contribution in [1.82, 2.24) is 10.1 Å². The van der Waals surface area contributed by atoms with Crippen LogP contribution in [0.4, 0.5) is 0 Å². The van der Waals surface area contributed by atoms with Crippen molar-refractivity contribution in [3.8, 4) is 0 Å². The first kappa shape index (κ1) is 11.8. The molecule has 0 aliphatic carbocycles. The van der Waals surface area contributed by atoms with Crippen LogP contribution in [-0.4, -0.2) is 15.2 Å². The Morgan fingerprint density at radius 1 is 1.24 bits per heavy atom. The van der Waals surface area contributed by atoms with Crippen LogP contribution in [0, 0.1) is 0 Å². The summed E-state index contributed by atoms with van der Waals surface area (Å²) in [5, 5.41) is 13.0. The summed E-state index contributed by atoms with van der Waals surface area (Å²) in [5.74, 6) is 0.955. The summed E-state index contributed by atoms with van der Waals surface area (Å²) >= 11 is 0. The molecular weight excluding hydrogens is 216 g/mol. The molecule has 1 atom stereocenters. The molecule has 0 bridgehead atoms. The summed E-state index contributed by atoms with van der Waals surface area (Å²) in [5.41, 5.74) is 1.31. The summed E-state index contributed by atoms with van der Waals surface area (Å²) in [6, 6.07) is 10.3. The van der Waals surface area contributed by atoms with E-state index in [0.717, 1.165) is 19.3 Å². The Labute approximate surface area is 100 Å². The van der Waals surface area contributed by atoms with Crippen LogP contribution in [0.25, 0.3) is 0 Å². The highest BCUT2D eigenvalue weighted by Gasteiger charge is 2.10. The number of aryl methyl sites for hydroxylation is 2. The Morgan fingerprint density at radius 3 is 2.65 bits per heavy atom. The predicted octanol–water partition coefficient (Wildman–Crippen LogP) is 2.30. The van der Waals surface area contributed by atoms with E-state index in [4.69, 9.17) is 4.52 Å². The fourth-order valence-corrected chi connectivity index (χ4v) is 1.63. The fraction of sp³-hybridized carbons (Fsp3) is 0.385. The minimum Gasteiger partial charge on any atom is -0.385 e. The van der Waals surface area contributed by atoms with Crippen LogP contribution in [0.15, 0.2) is 34.9 Å². The van der Waals surface area contributed by atoms with Gasteiger partial charge in [-0.15, -0.1) is 0 Å². The molecule has 0 aliphatic rings. The summed E-state index contributed by atoms with van der Waals surface area (Å²) in [6.45, 7) is 1.62. The van der Waals surface area contributed by atoms with Crippen LogP contribution < -0.4 is 0 Å². The lowest BCUT2D eigenvalue weighted by Crippen LogP contribution is -1.94. The molecule has 1 unspecified atom stereocenters. The lowest BCUT2D eigenvalue weighted by molar-refractivity contribution is 0.184. The van der Waals surface area contributed by atoms with Crippen LogP contribution >= 0.6 is 0 Å². The number of nitrogens with zero attached hydrogens (tertiary/aromatic N) is 2. The third-order valence-corrected chi connectivity index (χ3v) is 2.56. The smallest absolute Gasteiger partial charge is 0.226 e. The van der Waals surface area contributed by atoms with Gasteiger partial charge in [-0.1, -0.05) is 35.5 Å². The first-order chi connectivity index (χ1) is 8.25. The molecular formula is C13H16N2O2. The predicted molar refractivity (Wildman–Crippen MR) is 63.4 cm³/mol. The molecule has 0 fully saturated rings. The van der Waals surface area contributed by atoms with Crippen molar-refractivity contribution in [2.45, 2.75) is 32.3 Å². The molecule has 4 nitrogen and oxygen atoms in total. The van der Waals surface area contributed by atoms with Crippen molar-refractivity contribution in [2.24, 2.45) is 0 Å². The maximum Gasteiger partial charge on any atom is 0.226 e. The molecule has 2 aromatic rings. The fourth-order valence-electron chi connectivity index (χ4n) is 1.63. The second-order valence-corrected chi connectivity index (χ2v) is 4.06. The average Bonchev–Trinajstić information content (AvgIpc) is 2.79. The van der Waals surface area contributed by atoms with E-state index in [1.807, 2.05) is 18.2 Å². The van der Waals surface area contributed by atoms with E-state index in [1.165, 1.54) is 5.56 Å². The van der Waals surface area contributed by atoms with Gasteiger partial charge in [0, 0.05) is 6.42 Å². The molecule has 0 spiro atoms. The van der Waals surface area contributed by atoms with Crippen LogP contribution in [0.1, 0.15) is 36.7 Å². The van der Waals surface area contributed by atoms with Crippen LogP contribution in [0.2, 0.25) is 0 Å². The summed E-state index contributed by atoms with van der Waals surface area (Å²) in [7, 11) is 0. The highest BCUT2D eigenvalue weighted by molar-refractivity contribution is 5.14. The van der Waals surface area contributed by atoms with Crippen molar-refractivity contribution in [3.05, 3.63) is 47.6 Å². The molecule has 0 amide bonds. The van der Waals surface area contributed by atoms with Gasteiger partial charge in [0.1, 0.15) is 6.10 Å². The van der Waals surface area contributed by atoms with Gasteiger partial charge in [0.15, 0.2) is 5.82 Å². The van der Waals surface area contributed by atoms with E-state index in [0.29, 0.717) is 11.7 Å². The molecule has 1 aromatic carbocycles. The third kappa shape index (κ3) is 3.39. The molecule has 2 rings (SSSR count). The second-order valence-electron chi connectivity index (χ2n) is 4.06. The first-order valence-corrected chi connectivity index (χ1v) is 5.80. The zero-order valence-electron chi connectivity index (χ0n) is 9.84. The Kier molecular flexibility index (Phi) is 3.88. The molecule has 90 valence electrons. The minimum atomic E-state index is -0.665. The lowest BCUT2D eigenvalue weighted by atomic mass is 10.1. The van der Waals surface area contributed by atoms with Gasteiger partial charge >= 0.3 is 0 Å². The Morgan fingerprint density at radius 2 is 2.00 bits per heavy atom. The van der Waals surface area contributed by atoms with E-state index in [9.17, 15) is 5.11 Å². The molecule has 0 aliphatic heterocycles. The third-order valence-electron chi connectivity index (χ3n) is 2.56. The number of rotatable bonds is 5. The maximum absolute atomic E-state index is 9.26. The molecule has 0 radical (unpaired) electrons. The first-order valence-electron chi connectivity index (χ1n) is 5.80. The second kappa shape index (κ2) is 5.59. The van der Waals surface area contributed by atoms with Gasteiger partial charge in [0.2, 0.25) is 5.89 Å². The number of benzene rings is 1. The summed E-state index contributed by atoms with van der Waals surface area (Å²) in [4.78, 5) is 4.11. The molecule has 1 N–H and O–H groups in total. The topological polar surface area (TPSA) is 59.2 Å². The Bertz CT molecular complexity index is 451. The largest absolute Gasteiger partial charge is 0.385 e. The minimum absolute atomic E-state index is 0.361. The Hall–Kier alpha value is -1.68. The van der Waals surface area contributed by atoms with Crippen molar-refractivity contribution in [1.29, 1.82) is 0 Å². The van der Waals surface area contributed by atoms with Gasteiger partial charge in [-0.2, -0.15) is 4.98 Å². The number of hydrogen-bond donors (Lipinski definition) is 1. The average molecular weight is 232 g/mol. The number of aromatic nitrogens is 2.